The lowest BCUT2D eigenvalue weighted by atomic mass is 10.3. The molecule has 0 fully saturated rings. The van der Waals surface area contributed by atoms with Crippen LogP contribution in [0.2, 0.25) is 0 Å². The lowest BCUT2D eigenvalue weighted by Crippen LogP contribution is -1.82. The lowest BCUT2D eigenvalue weighted by Gasteiger charge is -1.88. The Morgan fingerprint density at radius 1 is 1.24 bits per heavy atom. The van der Waals surface area contributed by atoms with Crippen molar-refractivity contribution in [2.24, 2.45) is 0 Å². The molecule has 0 radical (unpaired) electrons. The maximum atomic E-state index is 10.3. The van der Waals surface area contributed by atoms with E-state index in [0.29, 0.717) is 10.8 Å². The largest absolute Gasteiger partial charge is 0.298 e. The number of hydrogen-bond acceptors (Lipinski definition) is 3. The average Bonchev–Trinajstić information content (AvgIpc) is 2.48. The molecule has 0 aliphatic carbocycles. The summed E-state index contributed by atoms with van der Waals surface area (Å²) in [5.41, 5.74) is -0.119. The van der Waals surface area contributed by atoms with Crippen molar-refractivity contribution in [1.82, 2.24) is 9.97 Å². The molecule has 0 unspecified atom stereocenters. The third-order valence-electron chi connectivity index (χ3n) is 1.51. The van der Waals surface area contributed by atoms with Crippen molar-refractivity contribution in [2.75, 3.05) is 0 Å². The number of rotatable bonds is 1. The van der Waals surface area contributed by atoms with E-state index < -0.39 is 13.7 Å². The summed E-state index contributed by atoms with van der Waals surface area (Å²) in [6.07, 6.45) is 2.89. The molecule has 17 heavy (non-hydrogen) atoms. The first-order valence-electron chi connectivity index (χ1n) is 8.41. The second-order valence-corrected chi connectivity index (χ2v) is 3.64. The summed E-state index contributed by atoms with van der Waals surface area (Å²) in [6, 6.07) is 2.33. The highest BCUT2D eigenvalue weighted by molar-refractivity contribution is 9.10. The maximum absolute atomic E-state index is 10.3. The van der Waals surface area contributed by atoms with Gasteiger partial charge in [0.15, 0.2) is 6.29 Å². The quantitative estimate of drug-likeness (QED) is 0.759. The van der Waals surface area contributed by atoms with Crippen molar-refractivity contribution in [3.05, 3.63) is 58.0 Å². The number of hydrogen-bond donors (Lipinski definition) is 0. The average molecular weight is 301 g/mol. The first kappa shape index (κ1) is 5.87. The minimum absolute atomic E-state index is 0.0456. The Kier molecular flexibility index (Phi) is 2.38. The Bertz CT molecular complexity index is 761. The van der Waals surface area contributed by atoms with Gasteiger partial charge in [-0.3, -0.25) is 14.8 Å². The van der Waals surface area contributed by atoms with Gasteiger partial charge in [-0.1, -0.05) is 0 Å². The molecule has 0 aliphatic rings. The van der Waals surface area contributed by atoms with Crippen LogP contribution in [0.1, 0.15) is 32.7 Å². The molecule has 0 saturated carbocycles. The number of aryl methyl sites for hydroxylation is 2. The van der Waals surface area contributed by atoms with Gasteiger partial charge in [-0.05, 0) is 53.9 Å². The second-order valence-electron chi connectivity index (χ2n) is 2.79. The number of pyridine rings is 2. The Hall–Kier alpha value is -1.55. The molecule has 3 nitrogen and oxygen atoms in total. The first-order chi connectivity index (χ1) is 11.4. The van der Waals surface area contributed by atoms with Gasteiger partial charge in [0, 0.05) is 42.0 Å². The van der Waals surface area contributed by atoms with Gasteiger partial charge in [-0.25, -0.2) is 0 Å². The number of aldehydes is 1. The van der Waals surface area contributed by atoms with Crippen LogP contribution in [-0.4, -0.2) is 16.3 Å². The summed E-state index contributed by atoms with van der Waals surface area (Å²) in [7, 11) is 0. The van der Waals surface area contributed by atoms with Crippen LogP contribution in [0.4, 0.5) is 0 Å². The summed E-state index contributed by atoms with van der Waals surface area (Å²) in [5.74, 6) is 0. The molecule has 0 aromatic carbocycles. The summed E-state index contributed by atoms with van der Waals surface area (Å²) in [5, 5.41) is 0. The number of carbonyl (C=O) groups is 1. The van der Waals surface area contributed by atoms with E-state index >= 15 is 0 Å². The Balaban J connectivity index is 0.000000251. The van der Waals surface area contributed by atoms with Gasteiger partial charge < -0.3 is 0 Å². The molecule has 4 heteroatoms. The van der Waals surface area contributed by atoms with E-state index in [4.69, 9.17) is 11.0 Å². The minimum Gasteiger partial charge on any atom is -0.298 e. The molecule has 0 spiro atoms. The monoisotopic (exact) mass is 300 g/mol. The van der Waals surface area contributed by atoms with Crippen molar-refractivity contribution in [1.29, 1.82) is 0 Å². The Morgan fingerprint density at radius 3 is 2.41 bits per heavy atom. The Morgan fingerprint density at radius 2 is 1.88 bits per heavy atom. The van der Waals surface area contributed by atoms with Gasteiger partial charge in [0.1, 0.15) is 0 Å². The predicted molar refractivity (Wildman–Crippen MR) is 71.0 cm³/mol. The van der Waals surface area contributed by atoms with Crippen molar-refractivity contribution in [2.45, 2.75) is 13.7 Å². The van der Waals surface area contributed by atoms with Crippen LogP contribution in [0.5, 0.6) is 0 Å². The number of halogens is 1. The topological polar surface area (TPSA) is 42.9 Å². The summed E-state index contributed by atoms with van der Waals surface area (Å²) in [4.78, 5) is 17.5. The lowest BCUT2D eigenvalue weighted by molar-refractivity contribution is 0.112. The highest BCUT2D eigenvalue weighted by Gasteiger charge is 1.86. The third-order valence-corrected chi connectivity index (χ3v) is 1.94. The number of aromatic nitrogens is 2. The molecule has 0 atom stereocenters. The Labute approximate surface area is 120 Å². The number of nitrogens with zero attached hydrogens (tertiary/aromatic N) is 2. The van der Waals surface area contributed by atoms with Crippen LogP contribution in [0, 0.1) is 13.7 Å². The van der Waals surface area contributed by atoms with E-state index in [1.807, 2.05) is 0 Å². The van der Waals surface area contributed by atoms with Gasteiger partial charge in [-0.15, -0.1) is 0 Å². The molecule has 0 saturated heterocycles. The van der Waals surface area contributed by atoms with Crippen LogP contribution < -0.4 is 0 Å². The van der Waals surface area contributed by atoms with Crippen molar-refractivity contribution >= 4 is 22.2 Å². The smallest absolute Gasteiger partial charge is 0.151 e. The normalized spacial score (nSPS) is 17.5. The highest BCUT2D eigenvalue weighted by atomic mass is 79.9. The van der Waals surface area contributed by atoms with Crippen molar-refractivity contribution in [3.8, 4) is 0 Å². The molecular formula is C13H13BrN2O. The standard InChI is InChI=1S/C7H7NO.C6H6BrN/c1-6-2-3-7(5-9)4-8-6;1-5-2-3-6(7)4-8-5/h2-5H,1H3;2-4H,1H3/i2*1D3,3D. The van der Waals surface area contributed by atoms with Crippen LogP contribution in [0.25, 0.3) is 0 Å². The molecule has 0 N–H and O–H groups in total. The molecule has 2 heterocycles. The second kappa shape index (κ2) is 6.91. The van der Waals surface area contributed by atoms with Crippen molar-refractivity contribution < 1.29 is 15.8 Å². The third kappa shape index (κ3) is 5.36. The van der Waals surface area contributed by atoms with Gasteiger partial charge in [0.2, 0.25) is 0 Å². The molecule has 2 rings (SSSR count). The summed E-state index contributed by atoms with van der Waals surface area (Å²) >= 11 is 3.06. The van der Waals surface area contributed by atoms with Crippen LogP contribution in [0.15, 0.2) is 41.1 Å². The fourth-order valence-electron chi connectivity index (χ4n) is 0.768. The molecule has 0 aliphatic heterocycles. The molecule has 2 aromatic heterocycles. The van der Waals surface area contributed by atoms with E-state index in [1.54, 1.807) is 0 Å². The van der Waals surface area contributed by atoms with Crippen LogP contribution >= 0.6 is 15.9 Å². The van der Waals surface area contributed by atoms with E-state index in [1.165, 1.54) is 12.3 Å². The van der Waals surface area contributed by atoms with E-state index in [2.05, 4.69) is 25.9 Å². The summed E-state index contributed by atoms with van der Waals surface area (Å²) in [6.45, 7) is -4.55. The fourth-order valence-corrected chi connectivity index (χ4v) is 0.985. The minimum atomic E-state index is -2.32. The van der Waals surface area contributed by atoms with Gasteiger partial charge in [-0.2, -0.15) is 0 Å². The van der Waals surface area contributed by atoms with E-state index in [-0.39, 0.29) is 29.0 Å². The highest BCUT2D eigenvalue weighted by Crippen LogP contribution is 2.05. The molecule has 0 amide bonds. The summed E-state index contributed by atoms with van der Waals surface area (Å²) < 4.78 is 57.1. The van der Waals surface area contributed by atoms with Gasteiger partial charge in [0.25, 0.3) is 0 Å². The van der Waals surface area contributed by atoms with Crippen LogP contribution in [-0.2, 0) is 0 Å². The van der Waals surface area contributed by atoms with Crippen molar-refractivity contribution in [3.63, 3.8) is 0 Å². The van der Waals surface area contributed by atoms with E-state index in [0.717, 1.165) is 12.3 Å². The molecule has 2 aromatic rings. The zero-order valence-corrected chi connectivity index (χ0v) is 10.2. The molecule has 0 bridgehead atoms. The zero-order valence-electron chi connectivity index (χ0n) is 16.6. The fraction of sp³-hybridized carbons (Fsp3) is 0.154. The SMILES string of the molecule is [2H]c1cc(C([2H])([2H])[2H])ncc1Br.[2H]c1cc(C([2H])([2H])[2H])ncc1C=O. The molecule has 88 valence electrons. The predicted octanol–water partition coefficient (Wildman–Crippen LogP) is 3.36. The zero-order chi connectivity index (χ0) is 19.4. The van der Waals surface area contributed by atoms with E-state index in [9.17, 15) is 4.79 Å². The molecular weight excluding hydrogens is 280 g/mol. The van der Waals surface area contributed by atoms with Crippen LogP contribution in [0.3, 0.4) is 0 Å². The van der Waals surface area contributed by atoms with Gasteiger partial charge in [0.05, 0.1) is 2.74 Å². The maximum Gasteiger partial charge on any atom is 0.151 e. The number of carbonyl (C=O) groups excluding carboxylic acids is 1. The van der Waals surface area contributed by atoms with Gasteiger partial charge >= 0.3 is 0 Å². The first-order valence-corrected chi connectivity index (χ1v) is 5.20.